The second-order valence-corrected chi connectivity index (χ2v) is 5.30. The third kappa shape index (κ3) is 2.41. The van der Waals surface area contributed by atoms with Crippen LogP contribution < -0.4 is 5.32 Å². The Morgan fingerprint density at radius 3 is 2.74 bits per heavy atom. The van der Waals surface area contributed by atoms with Crippen molar-refractivity contribution in [1.29, 1.82) is 0 Å². The van der Waals surface area contributed by atoms with Crippen molar-refractivity contribution in [3.8, 4) is 0 Å². The van der Waals surface area contributed by atoms with Crippen LogP contribution in [-0.2, 0) is 0 Å². The number of Topliss-reactive ketones (excluding diaryl/α,β-unsaturated/α-hetero) is 1. The first-order chi connectivity index (χ1) is 9.02. The van der Waals surface area contributed by atoms with Crippen LogP contribution in [0.3, 0.4) is 0 Å². The maximum Gasteiger partial charge on any atom is 0.176 e. The number of halogens is 2. The summed E-state index contributed by atoms with van der Waals surface area (Å²) in [4.78, 5) is 12.6. The van der Waals surface area contributed by atoms with E-state index in [4.69, 9.17) is 0 Å². The van der Waals surface area contributed by atoms with Crippen molar-refractivity contribution in [1.82, 2.24) is 5.32 Å². The summed E-state index contributed by atoms with van der Waals surface area (Å²) in [5, 5.41) is 3.17. The van der Waals surface area contributed by atoms with Crippen LogP contribution in [0.25, 0.3) is 0 Å². The van der Waals surface area contributed by atoms with Crippen molar-refractivity contribution < 1.29 is 13.6 Å². The Kier molecular flexibility index (Phi) is 3.99. The zero-order chi connectivity index (χ0) is 14.0. The van der Waals surface area contributed by atoms with Gasteiger partial charge in [0.25, 0.3) is 0 Å². The highest BCUT2D eigenvalue weighted by Crippen LogP contribution is 2.35. The molecule has 0 radical (unpaired) electrons. The smallest absolute Gasteiger partial charge is 0.176 e. The van der Waals surface area contributed by atoms with Crippen LogP contribution in [0.2, 0.25) is 0 Å². The molecule has 1 unspecified atom stereocenters. The summed E-state index contributed by atoms with van der Waals surface area (Å²) in [6, 6.07) is 2.53. The van der Waals surface area contributed by atoms with Crippen molar-refractivity contribution in [2.24, 2.45) is 5.41 Å². The van der Waals surface area contributed by atoms with Crippen molar-refractivity contribution in [3.63, 3.8) is 0 Å². The van der Waals surface area contributed by atoms with Crippen LogP contribution in [0.5, 0.6) is 0 Å². The van der Waals surface area contributed by atoms with Gasteiger partial charge in [-0.15, -0.1) is 0 Å². The fourth-order valence-corrected chi connectivity index (χ4v) is 2.75. The number of carbonyl (C=O) groups excluding carboxylic acids is 1. The molecule has 2 rings (SSSR count). The number of piperidine rings is 1. The van der Waals surface area contributed by atoms with Crippen molar-refractivity contribution in [3.05, 3.63) is 34.9 Å². The van der Waals surface area contributed by atoms with Gasteiger partial charge in [-0.3, -0.25) is 4.79 Å². The summed E-state index contributed by atoms with van der Waals surface area (Å²) >= 11 is 0. The molecular formula is C15H19F2NO. The zero-order valence-corrected chi connectivity index (χ0v) is 11.4. The number of hydrogen-bond acceptors (Lipinski definition) is 2. The summed E-state index contributed by atoms with van der Waals surface area (Å²) in [6.45, 7) is 4.79. The predicted molar refractivity (Wildman–Crippen MR) is 70.3 cm³/mol. The maximum atomic E-state index is 14.1. The minimum Gasteiger partial charge on any atom is -0.316 e. The molecule has 0 saturated carbocycles. The van der Waals surface area contributed by atoms with Crippen LogP contribution in [0.4, 0.5) is 8.78 Å². The molecule has 0 spiro atoms. The number of nitrogens with one attached hydrogen (secondary N) is 1. The van der Waals surface area contributed by atoms with Crippen molar-refractivity contribution >= 4 is 5.78 Å². The Labute approximate surface area is 112 Å². The normalized spacial score (nSPS) is 23.4. The van der Waals surface area contributed by atoms with Crippen molar-refractivity contribution in [2.75, 3.05) is 13.1 Å². The van der Waals surface area contributed by atoms with E-state index in [2.05, 4.69) is 5.32 Å². The number of hydrogen-bond donors (Lipinski definition) is 1. The molecule has 1 atom stereocenters. The summed E-state index contributed by atoms with van der Waals surface area (Å²) in [5.74, 6) is -1.88. The summed E-state index contributed by atoms with van der Waals surface area (Å²) in [6.07, 6.45) is 2.13. The standard InChI is InChI=1S/C15H19F2NO/c1-3-15(7-4-8-18-9-15)14(19)12-11(16)6-5-10(2)13(12)17/h5-6,18H,3-4,7-9H2,1-2H3. The third-order valence-electron chi connectivity index (χ3n) is 4.14. The van der Waals surface area contributed by atoms with Gasteiger partial charge in [-0.05, 0) is 44.4 Å². The quantitative estimate of drug-likeness (QED) is 0.852. The molecule has 2 nitrogen and oxygen atoms in total. The first kappa shape index (κ1) is 14.1. The molecule has 19 heavy (non-hydrogen) atoms. The molecule has 0 aliphatic carbocycles. The molecule has 1 heterocycles. The van der Waals surface area contributed by atoms with Gasteiger partial charge in [-0.25, -0.2) is 8.78 Å². The molecule has 0 amide bonds. The summed E-state index contributed by atoms with van der Waals surface area (Å²) < 4.78 is 28.0. The van der Waals surface area contributed by atoms with Gasteiger partial charge < -0.3 is 5.32 Å². The van der Waals surface area contributed by atoms with Crippen LogP contribution >= 0.6 is 0 Å². The molecule has 1 saturated heterocycles. The van der Waals surface area contributed by atoms with Crippen LogP contribution in [0.15, 0.2) is 12.1 Å². The molecule has 1 aliphatic rings. The number of benzene rings is 1. The summed E-state index contributed by atoms with van der Waals surface area (Å²) in [5.41, 5.74) is -0.737. The largest absolute Gasteiger partial charge is 0.316 e. The summed E-state index contributed by atoms with van der Waals surface area (Å²) in [7, 11) is 0. The first-order valence-electron chi connectivity index (χ1n) is 6.72. The fraction of sp³-hybridized carbons (Fsp3) is 0.533. The second kappa shape index (κ2) is 5.37. The van der Waals surface area contributed by atoms with Crippen LogP contribution in [0.1, 0.15) is 42.1 Å². The molecule has 1 aliphatic heterocycles. The van der Waals surface area contributed by atoms with E-state index >= 15 is 0 Å². The van der Waals surface area contributed by atoms with E-state index < -0.39 is 22.8 Å². The van der Waals surface area contributed by atoms with Gasteiger partial charge in [-0.1, -0.05) is 13.0 Å². The molecule has 0 aromatic heterocycles. The van der Waals surface area contributed by atoms with Gasteiger partial charge in [0, 0.05) is 12.0 Å². The molecule has 1 aromatic rings. The lowest BCUT2D eigenvalue weighted by Crippen LogP contribution is -2.45. The van der Waals surface area contributed by atoms with E-state index in [1.807, 2.05) is 6.92 Å². The minimum atomic E-state index is -0.758. The van der Waals surface area contributed by atoms with Crippen LogP contribution in [0, 0.1) is 24.0 Å². The van der Waals surface area contributed by atoms with E-state index in [-0.39, 0.29) is 5.56 Å². The molecule has 0 bridgehead atoms. The average molecular weight is 267 g/mol. The zero-order valence-electron chi connectivity index (χ0n) is 11.4. The third-order valence-corrected chi connectivity index (χ3v) is 4.14. The Hall–Kier alpha value is -1.29. The minimum absolute atomic E-state index is 0.305. The Bertz CT molecular complexity index is 493. The van der Waals surface area contributed by atoms with E-state index in [9.17, 15) is 13.6 Å². The van der Waals surface area contributed by atoms with Gasteiger partial charge in [0.15, 0.2) is 5.78 Å². The predicted octanol–water partition coefficient (Wildman–Crippen LogP) is 3.24. The number of aryl methyl sites for hydroxylation is 1. The van der Waals surface area contributed by atoms with E-state index in [0.29, 0.717) is 24.9 Å². The van der Waals surface area contributed by atoms with E-state index in [1.165, 1.54) is 12.1 Å². The molecule has 104 valence electrons. The Morgan fingerprint density at radius 1 is 1.42 bits per heavy atom. The van der Waals surface area contributed by atoms with Gasteiger partial charge in [0.1, 0.15) is 11.6 Å². The average Bonchev–Trinajstić information content (AvgIpc) is 2.44. The van der Waals surface area contributed by atoms with Gasteiger partial charge in [0.2, 0.25) is 0 Å². The van der Waals surface area contributed by atoms with E-state index in [0.717, 1.165) is 13.0 Å². The molecule has 4 heteroatoms. The number of ketones is 1. The topological polar surface area (TPSA) is 29.1 Å². The number of carbonyl (C=O) groups is 1. The highest BCUT2D eigenvalue weighted by atomic mass is 19.1. The highest BCUT2D eigenvalue weighted by Gasteiger charge is 2.40. The lowest BCUT2D eigenvalue weighted by atomic mass is 9.72. The fourth-order valence-electron chi connectivity index (χ4n) is 2.75. The molecule has 1 aromatic carbocycles. The molecule has 1 N–H and O–H groups in total. The Morgan fingerprint density at radius 2 is 2.16 bits per heavy atom. The van der Waals surface area contributed by atoms with E-state index in [1.54, 1.807) is 6.92 Å². The van der Waals surface area contributed by atoms with Gasteiger partial charge in [-0.2, -0.15) is 0 Å². The molecular weight excluding hydrogens is 248 g/mol. The highest BCUT2D eigenvalue weighted by molar-refractivity contribution is 6.01. The lowest BCUT2D eigenvalue weighted by Gasteiger charge is -2.35. The first-order valence-corrected chi connectivity index (χ1v) is 6.72. The second-order valence-electron chi connectivity index (χ2n) is 5.30. The van der Waals surface area contributed by atoms with Gasteiger partial charge in [0.05, 0.1) is 5.56 Å². The maximum absolute atomic E-state index is 14.1. The lowest BCUT2D eigenvalue weighted by molar-refractivity contribution is 0.0720. The van der Waals surface area contributed by atoms with Crippen molar-refractivity contribution in [2.45, 2.75) is 33.1 Å². The van der Waals surface area contributed by atoms with Crippen LogP contribution in [-0.4, -0.2) is 18.9 Å². The molecule has 1 fully saturated rings. The van der Waals surface area contributed by atoms with Gasteiger partial charge >= 0.3 is 0 Å². The Balaban J connectivity index is 2.46. The number of rotatable bonds is 3. The monoisotopic (exact) mass is 267 g/mol. The SMILES string of the molecule is CCC1(C(=O)c2c(F)ccc(C)c2F)CCCNC1.